The normalized spacial score (nSPS) is 10.2. The van der Waals surface area contributed by atoms with Crippen molar-refractivity contribution in [1.82, 2.24) is 0 Å². The van der Waals surface area contributed by atoms with Crippen LogP contribution < -0.4 is 0 Å². The van der Waals surface area contributed by atoms with E-state index in [9.17, 15) is 19.6 Å². The van der Waals surface area contributed by atoms with E-state index >= 15 is 0 Å². The van der Waals surface area contributed by atoms with Crippen LogP contribution in [0.25, 0.3) is 11.1 Å². The Morgan fingerprint density at radius 3 is 2.47 bits per heavy atom. The minimum atomic E-state index is -0.694. The van der Waals surface area contributed by atoms with Crippen LogP contribution in [0.2, 0.25) is 0 Å². The molecule has 0 heterocycles. The Morgan fingerprint density at radius 1 is 1.18 bits per heavy atom. The van der Waals surface area contributed by atoms with Crippen LogP contribution in [0.4, 0.5) is 10.1 Å². The molecule has 4 nitrogen and oxygen atoms in total. The maximum absolute atomic E-state index is 13.5. The number of aromatic hydroxyl groups is 1. The molecule has 5 heteroatoms. The van der Waals surface area contributed by atoms with Crippen LogP contribution >= 0.6 is 0 Å². The molecule has 2 aromatic rings. The van der Waals surface area contributed by atoms with Gasteiger partial charge in [-0.15, -0.1) is 0 Å². The fraction of sp³-hybridized carbons (Fsp3) is 0. The van der Waals surface area contributed by atoms with Crippen molar-refractivity contribution in [3.05, 3.63) is 58.4 Å². The molecule has 0 aliphatic rings. The van der Waals surface area contributed by atoms with Crippen LogP contribution in [-0.2, 0) is 0 Å². The predicted octanol–water partition coefficient (Wildman–Crippen LogP) is 3.11. The minimum absolute atomic E-state index is 0.290. The van der Waals surface area contributed by atoms with Gasteiger partial charge < -0.3 is 5.11 Å². The van der Waals surface area contributed by atoms with Crippen LogP contribution in [0.15, 0.2) is 42.5 Å². The Morgan fingerprint density at radius 2 is 1.88 bits per heavy atom. The average Bonchev–Trinajstić information content (AvgIpc) is 2.29. The van der Waals surface area contributed by atoms with Gasteiger partial charge in [-0.1, -0.05) is 18.2 Å². The standard InChI is InChI=1S/C12H8FNO3/c13-10-4-2-1-3-9(10)8-5-6-11(14(16)17)12(15)7-8/h1-7,15H. The number of rotatable bonds is 2. The first-order chi connectivity index (χ1) is 8.09. The average molecular weight is 233 g/mol. The van der Waals surface area contributed by atoms with Gasteiger partial charge >= 0.3 is 5.69 Å². The van der Waals surface area contributed by atoms with Gasteiger partial charge in [0.2, 0.25) is 0 Å². The Labute approximate surface area is 96.1 Å². The quantitative estimate of drug-likeness (QED) is 0.640. The molecule has 2 rings (SSSR count). The number of phenolic OH excluding ortho intramolecular Hbond substituents is 1. The molecule has 1 N–H and O–H groups in total. The van der Waals surface area contributed by atoms with Gasteiger partial charge in [0.05, 0.1) is 4.92 Å². The van der Waals surface area contributed by atoms with Crippen molar-refractivity contribution in [3.8, 4) is 16.9 Å². The second-order valence-electron chi connectivity index (χ2n) is 3.44. The first kappa shape index (κ1) is 11.1. The lowest BCUT2D eigenvalue weighted by Crippen LogP contribution is -1.89. The van der Waals surface area contributed by atoms with E-state index in [1.807, 2.05) is 0 Å². The third kappa shape index (κ3) is 2.08. The van der Waals surface area contributed by atoms with Crippen molar-refractivity contribution in [2.45, 2.75) is 0 Å². The van der Waals surface area contributed by atoms with Crippen LogP contribution in [0.5, 0.6) is 5.75 Å². The van der Waals surface area contributed by atoms with Crippen molar-refractivity contribution >= 4 is 5.69 Å². The fourth-order valence-electron chi connectivity index (χ4n) is 1.54. The van der Waals surface area contributed by atoms with E-state index in [0.29, 0.717) is 5.56 Å². The van der Waals surface area contributed by atoms with Crippen molar-refractivity contribution in [2.75, 3.05) is 0 Å². The monoisotopic (exact) mass is 233 g/mol. The van der Waals surface area contributed by atoms with Crippen molar-refractivity contribution in [3.63, 3.8) is 0 Å². The Bertz CT molecular complexity index is 584. The molecule has 2 aromatic carbocycles. The van der Waals surface area contributed by atoms with Gasteiger partial charge in [0.25, 0.3) is 0 Å². The topological polar surface area (TPSA) is 63.4 Å². The number of phenols is 1. The second-order valence-corrected chi connectivity index (χ2v) is 3.44. The second kappa shape index (κ2) is 4.21. The van der Waals surface area contributed by atoms with Crippen LogP contribution in [-0.4, -0.2) is 10.0 Å². The molecular weight excluding hydrogens is 225 g/mol. The van der Waals surface area contributed by atoms with E-state index in [1.165, 1.54) is 24.3 Å². The number of benzene rings is 2. The van der Waals surface area contributed by atoms with Crippen LogP contribution in [0.1, 0.15) is 0 Å². The third-order valence-corrected chi connectivity index (χ3v) is 2.36. The zero-order valence-electron chi connectivity index (χ0n) is 8.63. The summed E-state index contributed by atoms with van der Waals surface area (Å²) in [4.78, 5) is 9.81. The van der Waals surface area contributed by atoms with Gasteiger partial charge in [-0.3, -0.25) is 10.1 Å². The van der Waals surface area contributed by atoms with Crippen LogP contribution in [0, 0.1) is 15.9 Å². The molecule has 0 fully saturated rings. The summed E-state index contributed by atoms with van der Waals surface area (Å²) in [7, 11) is 0. The SMILES string of the molecule is O=[N+]([O-])c1ccc(-c2ccccc2F)cc1O. The van der Waals surface area contributed by atoms with Crippen molar-refractivity contribution < 1.29 is 14.4 Å². The van der Waals surface area contributed by atoms with Gasteiger partial charge in [-0.25, -0.2) is 4.39 Å². The highest BCUT2D eigenvalue weighted by atomic mass is 19.1. The Kier molecular flexibility index (Phi) is 2.74. The Hall–Kier alpha value is -2.43. The maximum atomic E-state index is 13.5. The summed E-state index contributed by atoms with van der Waals surface area (Å²) in [5.41, 5.74) is 0.286. The molecule has 0 spiro atoms. The number of nitro benzene ring substituents is 1. The highest BCUT2D eigenvalue weighted by Gasteiger charge is 2.14. The van der Waals surface area contributed by atoms with Gasteiger partial charge in [0.1, 0.15) is 5.82 Å². The summed E-state index contributed by atoms with van der Waals surface area (Å²) >= 11 is 0. The van der Waals surface area contributed by atoms with E-state index in [1.54, 1.807) is 12.1 Å². The summed E-state index contributed by atoms with van der Waals surface area (Å²) in [6.07, 6.45) is 0. The number of hydrogen-bond acceptors (Lipinski definition) is 3. The Balaban J connectivity index is 2.52. The van der Waals surface area contributed by atoms with E-state index < -0.39 is 22.2 Å². The molecule has 0 aliphatic carbocycles. The van der Waals surface area contributed by atoms with Crippen molar-refractivity contribution in [1.29, 1.82) is 0 Å². The highest BCUT2D eigenvalue weighted by Crippen LogP contribution is 2.32. The minimum Gasteiger partial charge on any atom is -0.502 e. The van der Waals surface area contributed by atoms with Gasteiger partial charge in [-0.05, 0) is 23.8 Å². The molecule has 0 atom stereocenters. The lowest BCUT2D eigenvalue weighted by molar-refractivity contribution is -0.385. The summed E-state index contributed by atoms with van der Waals surface area (Å²) < 4.78 is 13.5. The lowest BCUT2D eigenvalue weighted by Gasteiger charge is -2.04. The summed E-state index contributed by atoms with van der Waals surface area (Å²) in [6, 6.07) is 9.74. The molecule has 0 bridgehead atoms. The predicted molar refractivity (Wildman–Crippen MR) is 60.2 cm³/mol. The largest absolute Gasteiger partial charge is 0.502 e. The molecule has 0 amide bonds. The molecule has 0 saturated heterocycles. The zero-order chi connectivity index (χ0) is 12.4. The van der Waals surface area contributed by atoms with E-state index in [-0.39, 0.29) is 5.56 Å². The zero-order valence-corrected chi connectivity index (χ0v) is 8.63. The first-order valence-corrected chi connectivity index (χ1v) is 4.82. The number of nitrogens with zero attached hydrogens (tertiary/aromatic N) is 1. The first-order valence-electron chi connectivity index (χ1n) is 4.82. The van der Waals surface area contributed by atoms with E-state index in [4.69, 9.17) is 0 Å². The molecule has 0 unspecified atom stereocenters. The number of halogens is 1. The molecule has 0 saturated carbocycles. The summed E-state index contributed by atoms with van der Waals surface area (Å²) in [6.45, 7) is 0. The van der Waals surface area contributed by atoms with Gasteiger partial charge in [0.15, 0.2) is 5.75 Å². The summed E-state index contributed by atoms with van der Waals surface area (Å²) in [5.74, 6) is -0.920. The third-order valence-electron chi connectivity index (χ3n) is 2.36. The molecular formula is C12H8FNO3. The fourth-order valence-corrected chi connectivity index (χ4v) is 1.54. The molecule has 86 valence electrons. The molecule has 0 aromatic heterocycles. The molecule has 0 radical (unpaired) electrons. The smallest absolute Gasteiger partial charge is 0.310 e. The van der Waals surface area contributed by atoms with Crippen molar-refractivity contribution in [2.24, 2.45) is 0 Å². The van der Waals surface area contributed by atoms with Gasteiger partial charge in [0, 0.05) is 11.6 Å². The molecule has 0 aliphatic heterocycles. The van der Waals surface area contributed by atoms with E-state index in [0.717, 1.165) is 6.07 Å². The van der Waals surface area contributed by atoms with Crippen LogP contribution in [0.3, 0.4) is 0 Å². The summed E-state index contributed by atoms with van der Waals surface area (Å²) in [5, 5.41) is 20.0. The maximum Gasteiger partial charge on any atom is 0.310 e. The number of hydrogen-bond donors (Lipinski definition) is 1. The highest BCUT2D eigenvalue weighted by molar-refractivity contribution is 5.68. The number of nitro groups is 1. The molecule has 17 heavy (non-hydrogen) atoms. The lowest BCUT2D eigenvalue weighted by atomic mass is 10.0. The van der Waals surface area contributed by atoms with E-state index in [2.05, 4.69) is 0 Å². The van der Waals surface area contributed by atoms with Gasteiger partial charge in [-0.2, -0.15) is 0 Å².